The third-order valence-corrected chi connectivity index (χ3v) is 2.68. The molecule has 0 atom stereocenters. The summed E-state index contributed by atoms with van der Waals surface area (Å²) in [6.07, 6.45) is 0. The molecule has 0 aromatic heterocycles. The summed E-state index contributed by atoms with van der Waals surface area (Å²) in [4.78, 5) is 0. The second-order valence-electron chi connectivity index (χ2n) is 4.49. The van der Waals surface area contributed by atoms with Gasteiger partial charge in [-0.25, -0.2) is 0 Å². The van der Waals surface area contributed by atoms with E-state index in [9.17, 15) is 5.11 Å². The van der Waals surface area contributed by atoms with Gasteiger partial charge in [0, 0.05) is 17.6 Å². The minimum atomic E-state index is -0.653. The van der Waals surface area contributed by atoms with Crippen molar-refractivity contribution < 1.29 is 5.11 Å². The van der Waals surface area contributed by atoms with Crippen molar-refractivity contribution in [3.63, 3.8) is 0 Å². The molecule has 2 nitrogen and oxygen atoms in total. The summed E-state index contributed by atoms with van der Waals surface area (Å²) in [5, 5.41) is 12.8. The Bertz CT molecular complexity index is 331. The van der Waals surface area contributed by atoms with Crippen LogP contribution in [-0.4, -0.2) is 17.3 Å². The number of aliphatic hydroxyl groups is 1. The molecule has 1 aromatic carbocycles. The van der Waals surface area contributed by atoms with Crippen molar-refractivity contribution in [2.45, 2.75) is 32.9 Å². The van der Waals surface area contributed by atoms with Crippen LogP contribution in [0.1, 0.15) is 25.0 Å². The monoisotopic (exact) mass is 271 g/mol. The number of aryl methyl sites for hydroxylation is 1. The molecule has 1 aromatic rings. The molecule has 2 N–H and O–H groups in total. The highest BCUT2D eigenvalue weighted by molar-refractivity contribution is 9.10. The highest BCUT2D eigenvalue weighted by atomic mass is 79.9. The molecule has 3 heteroatoms. The second kappa shape index (κ2) is 5.10. The van der Waals surface area contributed by atoms with Crippen LogP contribution in [0.4, 0.5) is 0 Å². The molecule has 15 heavy (non-hydrogen) atoms. The molecular weight excluding hydrogens is 254 g/mol. The number of hydrogen-bond donors (Lipinski definition) is 2. The van der Waals surface area contributed by atoms with E-state index >= 15 is 0 Å². The Kier molecular flexibility index (Phi) is 4.32. The van der Waals surface area contributed by atoms with Crippen LogP contribution in [0.3, 0.4) is 0 Å². The third kappa shape index (κ3) is 4.78. The lowest BCUT2D eigenvalue weighted by Gasteiger charge is -2.18. The average molecular weight is 272 g/mol. The highest BCUT2D eigenvalue weighted by Crippen LogP contribution is 2.15. The normalized spacial score (nSPS) is 11.8. The zero-order valence-corrected chi connectivity index (χ0v) is 11.1. The van der Waals surface area contributed by atoms with Crippen molar-refractivity contribution in [3.8, 4) is 0 Å². The van der Waals surface area contributed by atoms with Gasteiger partial charge in [-0.3, -0.25) is 0 Å². The molecule has 0 heterocycles. The first kappa shape index (κ1) is 12.7. The Morgan fingerprint density at radius 2 is 2.07 bits per heavy atom. The average Bonchev–Trinajstić information content (AvgIpc) is 2.09. The molecule has 0 unspecified atom stereocenters. The molecule has 0 radical (unpaired) electrons. The maximum absolute atomic E-state index is 9.55. The van der Waals surface area contributed by atoms with E-state index in [-0.39, 0.29) is 0 Å². The minimum absolute atomic E-state index is 0.596. The van der Waals surface area contributed by atoms with Gasteiger partial charge < -0.3 is 10.4 Å². The number of rotatable bonds is 4. The Morgan fingerprint density at radius 1 is 1.40 bits per heavy atom. The van der Waals surface area contributed by atoms with E-state index in [2.05, 4.69) is 40.3 Å². The van der Waals surface area contributed by atoms with Crippen LogP contribution < -0.4 is 5.32 Å². The molecule has 0 aliphatic carbocycles. The molecule has 0 aliphatic heterocycles. The molecule has 0 amide bonds. The summed E-state index contributed by atoms with van der Waals surface area (Å²) < 4.78 is 1.09. The Balaban J connectivity index is 2.54. The molecule has 84 valence electrons. The zero-order valence-electron chi connectivity index (χ0n) is 9.47. The van der Waals surface area contributed by atoms with Gasteiger partial charge in [0.05, 0.1) is 5.60 Å². The van der Waals surface area contributed by atoms with Crippen LogP contribution in [0, 0.1) is 6.92 Å². The van der Waals surface area contributed by atoms with Crippen molar-refractivity contribution in [3.05, 3.63) is 33.8 Å². The van der Waals surface area contributed by atoms with Crippen LogP contribution in [0.5, 0.6) is 0 Å². The van der Waals surface area contributed by atoms with E-state index in [0.717, 1.165) is 11.0 Å². The molecule has 0 fully saturated rings. The fourth-order valence-electron chi connectivity index (χ4n) is 1.33. The topological polar surface area (TPSA) is 32.3 Å². The molecular formula is C12H18BrNO. The zero-order chi connectivity index (χ0) is 11.5. The van der Waals surface area contributed by atoms with Crippen molar-refractivity contribution in [1.82, 2.24) is 5.32 Å². The molecule has 0 spiro atoms. The summed E-state index contributed by atoms with van der Waals surface area (Å²) in [6.45, 7) is 7.07. The number of benzene rings is 1. The summed E-state index contributed by atoms with van der Waals surface area (Å²) in [6, 6.07) is 6.23. The van der Waals surface area contributed by atoms with Gasteiger partial charge in [0.1, 0.15) is 0 Å². The van der Waals surface area contributed by atoms with Crippen molar-refractivity contribution in [2.75, 3.05) is 6.54 Å². The summed E-state index contributed by atoms with van der Waals surface area (Å²) >= 11 is 3.45. The van der Waals surface area contributed by atoms with Crippen molar-refractivity contribution in [1.29, 1.82) is 0 Å². The summed E-state index contributed by atoms with van der Waals surface area (Å²) in [5.41, 5.74) is 1.87. The van der Waals surface area contributed by atoms with E-state index in [1.54, 1.807) is 13.8 Å². The first-order valence-corrected chi connectivity index (χ1v) is 5.86. The van der Waals surface area contributed by atoms with Crippen molar-refractivity contribution >= 4 is 15.9 Å². The lowest BCUT2D eigenvalue weighted by atomic mass is 10.1. The largest absolute Gasteiger partial charge is 0.389 e. The quantitative estimate of drug-likeness (QED) is 0.883. The standard InChI is InChI=1S/C12H18BrNO/c1-9-4-5-11(13)6-10(9)7-14-8-12(2,3)15/h4-6,14-15H,7-8H2,1-3H3. The highest BCUT2D eigenvalue weighted by Gasteiger charge is 2.11. The van der Waals surface area contributed by atoms with Gasteiger partial charge in [-0.15, -0.1) is 0 Å². The van der Waals surface area contributed by atoms with Crippen LogP contribution >= 0.6 is 15.9 Å². The predicted octanol–water partition coefficient (Wildman–Crippen LogP) is 2.62. The molecule has 0 saturated carbocycles. The maximum atomic E-state index is 9.55. The Morgan fingerprint density at radius 3 is 2.67 bits per heavy atom. The number of nitrogens with one attached hydrogen (secondary N) is 1. The SMILES string of the molecule is Cc1ccc(Br)cc1CNCC(C)(C)O. The first-order chi connectivity index (χ1) is 6.88. The van der Waals surface area contributed by atoms with Gasteiger partial charge in [-0.05, 0) is 44.0 Å². The van der Waals surface area contributed by atoms with Gasteiger partial charge in [0.25, 0.3) is 0 Å². The van der Waals surface area contributed by atoms with Gasteiger partial charge in [0.2, 0.25) is 0 Å². The third-order valence-electron chi connectivity index (χ3n) is 2.18. The number of hydrogen-bond acceptors (Lipinski definition) is 2. The Hall–Kier alpha value is -0.380. The lowest BCUT2D eigenvalue weighted by Crippen LogP contribution is -2.34. The van der Waals surface area contributed by atoms with E-state index in [4.69, 9.17) is 0 Å². The Labute approximate surface area is 99.8 Å². The fraction of sp³-hybridized carbons (Fsp3) is 0.500. The van der Waals surface area contributed by atoms with Gasteiger partial charge in [0.15, 0.2) is 0 Å². The summed E-state index contributed by atoms with van der Waals surface area (Å²) in [5.74, 6) is 0. The van der Waals surface area contributed by atoms with Crippen LogP contribution in [0.2, 0.25) is 0 Å². The second-order valence-corrected chi connectivity index (χ2v) is 5.40. The minimum Gasteiger partial charge on any atom is -0.389 e. The van der Waals surface area contributed by atoms with Crippen LogP contribution in [-0.2, 0) is 6.54 Å². The van der Waals surface area contributed by atoms with E-state index in [1.807, 2.05) is 6.07 Å². The molecule has 0 bridgehead atoms. The van der Waals surface area contributed by atoms with E-state index in [1.165, 1.54) is 11.1 Å². The molecule has 0 saturated heterocycles. The summed E-state index contributed by atoms with van der Waals surface area (Å²) in [7, 11) is 0. The first-order valence-electron chi connectivity index (χ1n) is 5.06. The molecule has 1 rings (SSSR count). The molecule has 0 aliphatic rings. The fourth-order valence-corrected chi connectivity index (χ4v) is 1.74. The van der Waals surface area contributed by atoms with E-state index < -0.39 is 5.60 Å². The van der Waals surface area contributed by atoms with E-state index in [0.29, 0.717) is 6.54 Å². The maximum Gasteiger partial charge on any atom is 0.0715 e. The number of halogens is 1. The van der Waals surface area contributed by atoms with Crippen molar-refractivity contribution in [2.24, 2.45) is 0 Å². The van der Waals surface area contributed by atoms with Gasteiger partial charge in [-0.2, -0.15) is 0 Å². The lowest BCUT2D eigenvalue weighted by molar-refractivity contribution is 0.0795. The van der Waals surface area contributed by atoms with Gasteiger partial charge in [-0.1, -0.05) is 22.0 Å². The van der Waals surface area contributed by atoms with Crippen LogP contribution in [0.25, 0.3) is 0 Å². The van der Waals surface area contributed by atoms with Gasteiger partial charge >= 0.3 is 0 Å². The predicted molar refractivity (Wildman–Crippen MR) is 66.9 cm³/mol. The van der Waals surface area contributed by atoms with Crippen LogP contribution in [0.15, 0.2) is 22.7 Å². The smallest absolute Gasteiger partial charge is 0.0715 e.